The summed E-state index contributed by atoms with van der Waals surface area (Å²) in [6.45, 7) is 0. The van der Waals surface area contributed by atoms with Crippen LogP contribution < -0.4 is 4.48 Å². The molecule has 0 saturated carbocycles. The maximum absolute atomic E-state index is 13.5. The molecule has 1 fully saturated rings. The average molecular weight is 338 g/mol. The van der Waals surface area contributed by atoms with Crippen molar-refractivity contribution in [1.82, 2.24) is 14.7 Å². The van der Waals surface area contributed by atoms with Crippen LogP contribution in [0.5, 0.6) is 0 Å². The van der Waals surface area contributed by atoms with E-state index in [0.717, 1.165) is 5.56 Å². The Bertz CT molecular complexity index is 700. The van der Waals surface area contributed by atoms with Crippen LogP contribution in [0.1, 0.15) is 30.9 Å². The molecule has 3 atom stereocenters. The normalized spacial score (nSPS) is 28.6. The van der Waals surface area contributed by atoms with Crippen molar-refractivity contribution in [1.29, 1.82) is 0 Å². The summed E-state index contributed by atoms with van der Waals surface area (Å²) >= 11 is 0. The van der Waals surface area contributed by atoms with Gasteiger partial charge in [0.2, 0.25) is 0 Å². The molecule has 0 spiro atoms. The van der Waals surface area contributed by atoms with Crippen LogP contribution in [-0.4, -0.2) is 29.3 Å². The Morgan fingerprint density at radius 3 is 2.50 bits per heavy atom. The van der Waals surface area contributed by atoms with Gasteiger partial charge in [-0.3, -0.25) is 5.10 Å². The van der Waals surface area contributed by atoms with Crippen LogP contribution in [0.15, 0.2) is 42.7 Å². The molecule has 1 aromatic heterocycles. The molecule has 1 amide bonds. The van der Waals surface area contributed by atoms with Gasteiger partial charge in [-0.15, -0.1) is 0 Å². The summed E-state index contributed by atoms with van der Waals surface area (Å²) in [6, 6.07) is 8.29. The Labute approximate surface area is 137 Å². The van der Waals surface area contributed by atoms with E-state index in [2.05, 4.69) is 10.2 Å². The molecule has 1 N–H and O–H groups in total. The molecule has 1 aromatic carbocycles. The van der Waals surface area contributed by atoms with Crippen molar-refractivity contribution in [3.63, 3.8) is 0 Å². The number of amides is 1. The van der Waals surface area contributed by atoms with Crippen LogP contribution >= 0.6 is 0 Å². The first-order valence-corrected chi connectivity index (χ1v) is 7.86. The molecule has 4 nitrogen and oxygen atoms in total. The van der Waals surface area contributed by atoms with Crippen molar-refractivity contribution >= 4 is 11.6 Å². The fourth-order valence-electron chi connectivity index (χ4n) is 3.63. The number of hydrogen-bond donors (Lipinski definition) is 1. The predicted molar refractivity (Wildman–Crippen MR) is 83.9 cm³/mol. The Kier molecular flexibility index (Phi) is 4.21. The predicted octanol–water partition coefficient (Wildman–Crippen LogP) is 3.98. The zero-order chi connectivity index (χ0) is 17.4. The first-order chi connectivity index (χ1) is 11.3. The minimum Gasteiger partial charge on any atom is -0.285 e. The van der Waals surface area contributed by atoms with Gasteiger partial charge in [0.25, 0.3) is 0 Å². The second-order valence-electron chi connectivity index (χ2n) is 6.32. The first-order valence-electron chi connectivity index (χ1n) is 7.86. The molecule has 1 aliphatic rings. The Hall–Kier alpha value is -2.15. The number of nitrogens with one attached hydrogen (secondary N) is 1. The van der Waals surface area contributed by atoms with E-state index in [0.29, 0.717) is 18.5 Å². The van der Waals surface area contributed by atoms with Gasteiger partial charge in [-0.25, -0.2) is 9.28 Å². The summed E-state index contributed by atoms with van der Waals surface area (Å²) in [7, 11) is 1.58. The van der Waals surface area contributed by atoms with Crippen LogP contribution in [0.4, 0.5) is 18.9 Å². The highest BCUT2D eigenvalue weighted by atomic mass is 19.4. The summed E-state index contributed by atoms with van der Waals surface area (Å²) < 4.78 is 40.0. The molecule has 3 unspecified atom stereocenters. The molecule has 0 bridgehead atoms. The fourth-order valence-corrected chi connectivity index (χ4v) is 3.63. The number of alkyl halides is 3. The highest BCUT2D eigenvalue weighted by Crippen LogP contribution is 2.45. The quantitative estimate of drug-likeness (QED) is 0.842. The summed E-state index contributed by atoms with van der Waals surface area (Å²) in [5.41, 5.74) is 1.31. The number of aromatic nitrogens is 2. The lowest BCUT2D eigenvalue weighted by Gasteiger charge is -2.38. The third-order valence-electron chi connectivity index (χ3n) is 4.94. The van der Waals surface area contributed by atoms with E-state index in [9.17, 15) is 18.0 Å². The standard InChI is InChI=1S/C17H19F3N3O/c1-23(13-6-3-2-4-7-13)15(12-10-21-22-11-12)9-5-8-14(16(23)24)17(18,19)20/h2-4,6-7,10-11,14-15H,5,8-9H2,1H3,(H,21,22)/q+1. The number of aromatic amines is 1. The van der Waals surface area contributed by atoms with Gasteiger partial charge < -0.3 is 0 Å². The van der Waals surface area contributed by atoms with Crippen molar-refractivity contribution in [2.75, 3.05) is 7.05 Å². The topological polar surface area (TPSA) is 45.8 Å². The van der Waals surface area contributed by atoms with Crippen LogP contribution in [0, 0.1) is 5.92 Å². The van der Waals surface area contributed by atoms with Crippen LogP contribution in [0.2, 0.25) is 0 Å². The molecule has 0 radical (unpaired) electrons. The first kappa shape index (κ1) is 16.7. The molecule has 1 saturated heterocycles. The Morgan fingerprint density at radius 1 is 1.21 bits per heavy atom. The van der Waals surface area contributed by atoms with Gasteiger partial charge in [-0.05, 0) is 25.0 Å². The molecule has 128 valence electrons. The lowest BCUT2D eigenvalue weighted by atomic mass is 10.0. The molecule has 2 heterocycles. The molecule has 3 rings (SSSR count). The fraction of sp³-hybridized carbons (Fsp3) is 0.412. The van der Waals surface area contributed by atoms with E-state index in [4.69, 9.17) is 0 Å². The van der Waals surface area contributed by atoms with Gasteiger partial charge in [-0.2, -0.15) is 18.3 Å². The molecule has 24 heavy (non-hydrogen) atoms. The maximum atomic E-state index is 13.5. The van der Waals surface area contributed by atoms with Crippen LogP contribution in [-0.2, 0) is 4.79 Å². The van der Waals surface area contributed by atoms with Crippen molar-refractivity contribution in [2.24, 2.45) is 5.92 Å². The smallest absolute Gasteiger partial charge is 0.285 e. The van der Waals surface area contributed by atoms with Gasteiger partial charge in [0.15, 0.2) is 5.92 Å². The lowest BCUT2D eigenvalue weighted by Crippen LogP contribution is -2.56. The van der Waals surface area contributed by atoms with Crippen molar-refractivity contribution in [2.45, 2.75) is 31.5 Å². The number of quaternary nitrogens is 1. The monoisotopic (exact) mass is 338 g/mol. The molecular weight excluding hydrogens is 319 g/mol. The number of likely N-dealkylation sites (tertiary alicyclic amines) is 1. The van der Waals surface area contributed by atoms with E-state index in [-0.39, 0.29) is 6.42 Å². The second kappa shape index (κ2) is 6.05. The SMILES string of the molecule is C[N+]1(c2ccccc2)C(=O)C(C(F)(F)F)CCCC1c1cn[nH]c1. The number of nitrogens with zero attached hydrogens (tertiary/aromatic N) is 2. The van der Waals surface area contributed by atoms with Gasteiger partial charge >= 0.3 is 12.1 Å². The highest BCUT2D eigenvalue weighted by molar-refractivity contribution is 5.91. The van der Waals surface area contributed by atoms with E-state index in [1.165, 1.54) is 0 Å². The van der Waals surface area contributed by atoms with Gasteiger partial charge in [0.05, 0.1) is 13.2 Å². The van der Waals surface area contributed by atoms with Crippen LogP contribution in [0.25, 0.3) is 0 Å². The summed E-state index contributed by atoms with van der Waals surface area (Å²) in [5, 5.41) is 6.61. The minimum absolute atomic E-state index is 0.169. The molecule has 7 heteroatoms. The molecular formula is C17H19F3N3O+. The second-order valence-corrected chi connectivity index (χ2v) is 6.32. The number of hydrogen-bond acceptors (Lipinski definition) is 2. The Balaban J connectivity index is 2.15. The molecule has 0 aliphatic carbocycles. The number of para-hydroxylation sites is 1. The van der Waals surface area contributed by atoms with E-state index < -0.39 is 28.5 Å². The van der Waals surface area contributed by atoms with Gasteiger partial charge in [0.1, 0.15) is 11.7 Å². The number of carbonyl (C=O) groups excluding carboxylic acids is 1. The Morgan fingerprint density at radius 2 is 1.92 bits per heavy atom. The third-order valence-corrected chi connectivity index (χ3v) is 4.94. The largest absolute Gasteiger partial charge is 0.404 e. The minimum atomic E-state index is -4.53. The maximum Gasteiger partial charge on any atom is 0.404 e. The summed E-state index contributed by atoms with van der Waals surface area (Å²) in [5.74, 6) is -2.75. The summed E-state index contributed by atoms with van der Waals surface area (Å²) in [4.78, 5) is 13.0. The highest BCUT2D eigenvalue weighted by Gasteiger charge is 2.57. The molecule has 1 aliphatic heterocycles. The number of benzene rings is 1. The molecule has 2 aromatic rings. The third kappa shape index (κ3) is 2.73. The van der Waals surface area contributed by atoms with E-state index in [1.54, 1.807) is 49.8 Å². The van der Waals surface area contributed by atoms with Crippen molar-refractivity contribution in [3.8, 4) is 0 Å². The number of carbonyl (C=O) groups is 1. The zero-order valence-corrected chi connectivity index (χ0v) is 13.3. The number of halogens is 3. The van der Waals surface area contributed by atoms with E-state index in [1.807, 2.05) is 0 Å². The average Bonchev–Trinajstić information content (AvgIpc) is 3.03. The van der Waals surface area contributed by atoms with Gasteiger partial charge in [-0.1, -0.05) is 18.2 Å². The zero-order valence-electron chi connectivity index (χ0n) is 13.3. The number of rotatable bonds is 2. The van der Waals surface area contributed by atoms with E-state index >= 15 is 0 Å². The van der Waals surface area contributed by atoms with Crippen LogP contribution in [0.3, 0.4) is 0 Å². The lowest BCUT2D eigenvalue weighted by molar-refractivity contribution is -0.188. The van der Waals surface area contributed by atoms with Gasteiger partial charge in [0, 0.05) is 18.2 Å². The van der Waals surface area contributed by atoms with Crippen molar-refractivity contribution in [3.05, 3.63) is 48.3 Å². The van der Waals surface area contributed by atoms with Crippen molar-refractivity contribution < 1.29 is 18.0 Å². The number of H-pyrrole nitrogens is 1. The summed E-state index contributed by atoms with van der Waals surface area (Å²) in [6.07, 6.45) is -0.625.